The van der Waals surface area contributed by atoms with E-state index in [4.69, 9.17) is 5.11 Å². The Morgan fingerprint density at radius 3 is 2.43 bits per heavy atom. The van der Waals surface area contributed by atoms with Crippen LogP contribution in [0.15, 0.2) is 30.5 Å². The number of hydrogen-bond donors (Lipinski definition) is 3. The molecule has 0 saturated carbocycles. The molecule has 1 heterocycles. The quantitative estimate of drug-likeness (QED) is 0.789. The molecule has 0 radical (unpaired) electrons. The molecule has 2 aromatic rings. The minimum absolute atomic E-state index is 0.224. The van der Waals surface area contributed by atoms with Crippen molar-refractivity contribution >= 4 is 23.3 Å². The first kappa shape index (κ1) is 15.0. The van der Waals surface area contributed by atoms with Crippen molar-refractivity contribution in [2.75, 3.05) is 0 Å². The minimum atomic E-state index is -0.967. The lowest BCUT2D eigenvalue weighted by Crippen LogP contribution is -2.34. The molecule has 0 spiro atoms. The van der Waals surface area contributed by atoms with E-state index in [1.807, 2.05) is 6.92 Å². The highest BCUT2D eigenvalue weighted by Gasteiger charge is 2.04. The maximum Gasteiger partial charge on any atom is 0.335 e. The summed E-state index contributed by atoms with van der Waals surface area (Å²) in [4.78, 5) is 27.6. The van der Waals surface area contributed by atoms with E-state index in [-0.39, 0.29) is 11.6 Å². The monoisotopic (exact) mass is 305 g/mol. The van der Waals surface area contributed by atoms with Crippen LogP contribution in [-0.2, 0) is 13.1 Å². The van der Waals surface area contributed by atoms with Gasteiger partial charge in [0.05, 0.1) is 12.1 Å². The average molecular weight is 305 g/mol. The largest absolute Gasteiger partial charge is 0.478 e. The summed E-state index contributed by atoms with van der Waals surface area (Å²) in [7, 11) is 0. The molecule has 7 heteroatoms. The molecule has 0 fully saturated rings. The van der Waals surface area contributed by atoms with E-state index in [0.29, 0.717) is 13.1 Å². The Balaban J connectivity index is 1.77. The number of carbonyl (C=O) groups is 2. The topological polar surface area (TPSA) is 91.3 Å². The number of carboxylic acid groups (broad SMARTS) is 1. The maximum absolute atomic E-state index is 11.6. The number of urea groups is 1. The summed E-state index contributed by atoms with van der Waals surface area (Å²) in [6.07, 6.45) is 1.77. The average Bonchev–Trinajstić information content (AvgIpc) is 2.89. The van der Waals surface area contributed by atoms with Crippen LogP contribution in [0.2, 0.25) is 0 Å². The maximum atomic E-state index is 11.6. The van der Waals surface area contributed by atoms with Gasteiger partial charge in [0.25, 0.3) is 0 Å². The van der Waals surface area contributed by atoms with Crippen LogP contribution in [0.4, 0.5) is 4.79 Å². The van der Waals surface area contributed by atoms with Crippen LogP contribution < -0.4 is 10.6 Å². The van der Waals surface area contributed by atoms with Crippen LogP contribution in [0.1, 0.15) is 25.8 Å². The van der Waals surface area contributed by atoms with E-state index in [9.17, 15) is 9.59 Å². The molecule has 1 aromatic carbocycles. The van der Waals surface area contributed by atoms with Gasteiger partial charge in [0.15, 0.2) is 0 Å². The zero-order valence-electron chi connectivity index (χ0n) is 11.4. The molecule has 0 unspecified atom stereocenters. The van der Waals surface area contributed by atoms with Gasteiger partial charge in [0.1, 0.15) is 5.01 Å². The number of carbonyl (C=O) groups excluding carboxylic acids is 1. The van der Waals surface area contributed by atoms with Crippen LogP contribution >= 0.6 is 11.3 Å². The third-order valence-corrected chi connectivity index (χ3v) is 3.64. The van der Waals surface area contributed by atoms with Crippen LogP contribution in [-0.4, -0.2) is 22.1 Å². The molecule has 3 N–H and O–H groups in total. The Bertz CT molecular complexity index is 637. The fourth-order valence-corrected chi connectivity index (χ4v) is 2.38. The van der Waals surface area contributed by atoms with Gasteiger partial charge in [-0.25, -0.2) is 14.6 Å². The van der Waals surface area contributed by atoms with Crippen LogP contribution in [0.25, 0.3) is 0 Å². The summed E-state index contributed by atoms with van der Waals surface area (Å²) in [5.41, 5.74) is 1.06. The predicted molar refractivity (Wildman–Crippen MR) is 79.3 cm³/mol. The normalized spacial score (nSPS) is 10.1. The van der Waals surface area contributed by atoms with Gasteiger partial charge in [0, 0.05) is 17.6 Å². The lowest BCUT2D eigenvalue weighted by Gasteiger charge is -2.06. The number of amides is 2. The Morgan fingerprint density at radius 2 is 1.86 bits per heavy atom. The van der Waals surface area contributed by atoms with Crippen molar-refractivity contribution in [3.63, 3.8) is 0 Å². The zero-order valence-corrected chi connectivity index (χ0v) is 12.2. The zero-order chi connectivity index (χ0) is 15.2. The van der Waals surface area contributed by atoms with Crippen molar-refractivity contribution in [3.8, 4) is 0 Å². The molecule has 6 nitrogen and oxygen atoms in total. The second kappa shape index (κ2) is 6.85. The predicted octanol–water partition coefficient (Wildman–Crippen LogP) is 2.15. The molecule has 0 atom stereocenters. The molecule has 0 aliphatic carbocycles. The number of carboxylic acids is 1. The standard InChI is InChI=1S/C14H15N3O3S/c1-9-6-15-12(21-9)8-17-14(20)16-7-10-2-4-11(5-3-10)13(18)19/h2-6H,7-8H2,1H3,(H,18,19)(H2,16,17,20). The third kappa shape index (κ3) is 4.57. The van der Waals surface area contributed by atoms with Crippen molar-refractivity contribution in [2.45, 2.75) is 20.0 Å². The van der Waals surface area contributed by atoms with Gasteiger partial charge in [-0.05, 0) is 24.6 Å². The first-order chi connectivity index (χ1) is 10.0. The van der Waals surface area contributed by atoms with Gasteiger partial charge in [-0.15, -0.1) is 11.3 Å². The molecule has 21 heavy (non-hydrogen) atoms. The molecule has 0 bridgehead atoms. The van der Waals surface area contributed by atoms with Crippen molar-refractivity contribution in [2.24, 2.45) is 0 Å². The number of aromatic carboxylic acids is 1. The number of aromatic nitrogens is 1. The van der Waals surface area contributed by atoms with Crippen LogP contribution in [0.3, 0.4) is 0 Å². The highest BCUT2D eigenvalue weighted by molar-refractivity contribution is 7.11. The lowest BCUT2D eigenvalue weighted by molar-refractivity contribution is 0.0697. The van der Waals surface area contributed by atoms with Crippen molar-refractivity contribution < 1.29 is 14.7 Å². The summed E-state index contributed by atoms with van der Waals surface area (Å²) in [5, 5.41) is 15.1. The molecule has 1 aromatic heterocycles. The fraction of sp³-hybridized carbons (Fsp3) is 0.214. The molecule has 110 valence electrons. The third-order valence-electron chi connectivity index (χ3n) is 2.72. The fourth-order valence-electron chi connectivity index (χ4n) is 1.65. The molecular weight excluding hydrogens is 290 g/mol. The van der Waals surface area contributed by atoms with Gasteiger partial charge in [0.2, 0.25) is 0 Å². The van der Waals surface area contributed by atoms with Gasteiger partial charge >= 0.3 is 12.0 Å². The molecule has 2 rings (SSSR count). The van der Waals surface area contributed by atoms with Crippen LogP contribution in [0.5, 0.6) is 0 Å². The molecule has 0 aliphatic heterocycles. The first-order valence-corrected chi connectivity index (χ1v) is 7.11. The number of benzene rings is 1. The number of nitrogens with zero attached hydrogens (tertiary/aromatic N) is 1. The number of rotatable bonds is 5. The van der Waals surface area contributed by atoms with E-state index < -0.39 is 5.97 Å². The molecule has 2 amide bonds. The van der Waals surface area contributed by atoms with E-state index >= 15 is 0 Å². The Hall–Kier alpha value is -2.41. The molecule has 0 aliphatic rings. The van der Waals surface area contributed by atoms with Crippen molar-refractivity contribution in [3.05, 3.63) is 51.5 Å². The Labute approximate surface area is 125 Å². The second-order valence-corrected chi connectivity index (χ2v) is 5.72. The Morgan fingerprint density at radius 1 is 1.19 bits per heavy atom. The molecule has 0 saturated heterocycles. The Kier molecular flexibility index (Phi) is 4.89. The van der Waals surface area contributed by atoms with Crippen LogP contribution in [0, 0.1) is 6.92 Å². The summed E-state index contributed by atoms with van der Waals surface area (Å²) in [6.45, 7) is 2.69. The summed E-state index contributed by atoms with van der Waals surface area (Å²) in [5.74, 6) is -0.967. The number of nitrogens with one attached hydrogen (secondary N) is 2. The van der Waals surface area contributed by atoms with E-state index in [1.54, 1.807) is 18.3 Å². The second-order valence-electron chi connectivity index (χ2n) is 4.40. The summed E-state index contributed by atoms with van der Waals surface area (Å²) < 4.78 is 0. The van der Waals surface area contributed by atoms with E-state index in [2.05, 4.69) is 15.6 Å². The highest BCUT2D eigenvalue weighted by Crippen LogP contribution is 2.10. The lowest BCUT2D eigenvalue weighted by atomic mass is 10.1. The van der Waals surface area contributed by atoms with Gasteiger partial charge in [-0.3, -0.25) is 0 Å². The van der Waals surface area contributed by atoms with Gasteiger partial charge in [-0.1, -0.05) is 12.1 Å². The molecular formula is C14H15N3O3S. The minimum Gasteiger partial charge on any atom is -0.478 e. The SMILES string of the molecule is Cc1cnc(CNC(=O)NCc2ccc(C(=O)O)cc2)s1. The number of aryl methyl sites for hydroxylation is 1. The van der Waals surface area contributed by atoms with Gasteiger partial charge in [-0.2, -0.15) is 0 Å². The number of thiazole rings is 1. The van der Waals surface area contributed by atoms with Crippen molar-refractivity contribution in [1.29, 1.82) is 0 Å². The van der Waals surface area contributed by atoms with E-state index in [0.717, 1.165) is 15.4 Å². The van der Waals surface area contributed by atoms with Gasteiger partial charge < -0.3 is 15.7 Å². The smallest absolute Gasteiger partial charge is 0.335 e. The van der Waals surface area contributed by atoms with E-state index in [1.165, 1.54) is 23.5 Å². The first-order valence-electron chi connectivity index (χ1n) is 6.30. The summed E-state index contributed by atoms with van der Waals surface area (Å²) in [6, 6.07) is 6.08. The van der Waals surface area contributed by atoms with Crippen molar-refractivity contribution in [1.82, 2.24) is 15.6 Å². The summed E-state index contributed by atoms with van der Waals surface area (Å²) >= 11 is 1.54. The number of hydrogen-bond acceptors (Lipinski definition) is 4. The highest BCUT2D eigenvalue weighted by atomic mass is 32.1.